The molecular formula is C17H17N3O3. The maximum Gasteiger partial charge on any atom is 0.323 e. The van der Waals surface area contributed by atoms with Crippen LogP contribution in [0.25, 0.3) is 0 Å². The second kappa shape index (κ2) is 6.48. The molecule has 0 saturated carbocycles. The first-order chi connectivity index (χ1) is 11.1. The van der Waals surface area contributed by atoms with Gasteiger partial charge in [0.1, 0.15) is 0 Å². The standard InChI is InChI=1S/C17H17N3O3/c21-17(18-13-8-10-14(11-9-13)20(22)23)19-16-7-3-5-12-4-1-2-6-15(12)16/h3,5,7-11H,1-2,4,6H2,(H2,18,19,21). The Morgan fingerprint density at radius 3 is 2.48 bits per heavy atom. The van der Waals surface area contributed by atoms with Crippen LogP contribution in [-0.2, 0) is 12.8 Å². The van der Waals surface area contributed by atoms with Gasteiger partial charge in [0.05, 0.1) is 4.92 Å². The predicted octanol–water partition coefficient (Wildman–Crippen LogP) is 4.12. The quantitative estimate of drug-likeness (QED) is 0.660. The number of amides is 2. The van der Waals surface area contributed by atoms with E-state index < -0.39 is 4.92 Å². The van der Waals surface area contributed by atoms with Gasteiger partial charge in [-0.1, -0.05) is 12.1 Å². The number of nitrogens with one attached hydrogen (secondary N) is 2. The van der Waals surface area contributed by atoms with Gasteiger partial charge in [0.15, 0.2) is 0 Å². The van der Waals surface area contributed by atoms with Crippen LogP contribution in [0.5, 0.6) is 0 Å². The summed E-state index contributed by atoms with van der Waals surface area (Å²) in [5.41, 5.74) is 3.84. The lowest BCUT2D eigenvalue weighted by atomic mass is 9.90. The van der Waals surface area contributed by atoms with Gasteiger partial charge in [-0.05, 0) is 55.0 Å². The third-order valence-corrected chi connectivity index (χ3v) is 3.98. The number of urea groups is 1. The summed E-state index contributed by atoms with van der Waals surface area (Å²) in [4.78, 5) is 22.3. The molecule has 23 heavy (non-hydrogen) atoms. The number of nitro groups is 1. The average Bonchev–Trinajstić information content (AvgIpc) is 2.55. The molecule has 0 bridgehead atoms. The van der Waals surface area contributed by atoms with Crippen molar-refractivity contribution in [2.75, 3.05) is 10.6 Å². The lowest BCUT2D eigenvalue weighted by molar-refractivity contribution is -0.384. The van der Waals surface area contributed by atoms with Crippen molar-refractivity contribution in [3.63, 3.8) is 0 Å². The van der Waals surface area contributed by atoms with Crippen molar-refractivity contribution in [1.82, 2.24) is 0 Å². The third-order valence-electron chi connectivity index (χ3n) is 3.98. The normalized spacial score (nSPS) is 13.0. The minimum atomic E-state index is -0.472. The lowest BCUT2D eigenvalue weighted by Crippen LogP contribution is -2.21. The molecule has 1 aliphatic rings. The molecule has 3 rings (SSSR count). The van der Waals surface area contributed by atoms with Crippen LogP contribution in [0.4, 0.5) is 21.9 Å². The van der Waals surface area contributed by atoms with Gasteiger partial charge in [0.2, 0.25) is 0 Å². The Labute approximate surface area is 133 Å². The van der Waals surface area contributed by atoms with E-state index in [0.717, 1.165) is 24.9 Å². The van der Waals surface area contributed by atoms with Crippen LogP contribution in [0.15, 0.2) is 42.5 Å². The third kappa shape index (κ3) is 3.48. The van der Waals surface area contributed by atoms with Crippen LogP contribution in [-0.4, -0.2) is 11.0 Å². The number of hydrogen-bond donors (Lipinski definition) is 2. The summed E-state index contributed by atoms with van der Waals surface area (Å²) in [6.07, 6.45) is 4.35. The summed E-state index contributed by atoms with van der Waals surface area (Å²) in [7, 11) is 0. The number of benzene rings is 2. The topological polar surface area (TPSA) is 84.3 Å². The minimum Gasteiger partial charge on any atom is -0.308 e. The first-order valence-electron chi connectivity index (χ1n) is 7.57. The lowest BCUT2D eigenvalue weighted by Gasteiger charge is -2.19. The summed E-state index contributed by atoms with van der Waals surface area (Å²) < 4.78 is 0. The van der Waals surface area contributed by atoms with Gasteiger partial charge in [-0.2, -0.15) is 0 Å². The smallest absolute Gasteiger partial charge is 0.308 e. The molecule has 1 aliphatic carbocycles. The van der Waals surface area contributed by atoms with E-state index in [4.69, 9.17) is 0 Å². The molecule has 0 radical (unpaired) electrons. The zero-order chi connectivity index (χ0) is 16.2. The van der Waals surface area contributed by atoms with Gasteiger partial charge in [-0.15, -0.1) is 0 Å². The Morgan fingerprint density at radius 2 is 1.74 bits per heavy atom. The number of aryl methyl sites for hydroxylation is 1. The average molecular weight is 311 g/mol. The fraction of sp³-hybridized carbons (Fsp3) is 0.235. The van der Waals surface area contributed by atoms with E-state index in [9.17, 15) is 14.9 Å². The van der Waals surface area contributed by atoms with Gasteiger partial charge in [-0.25, -0.2) is 4.79 Å². The number of fused-ring (bicyclic) bond motifs is 1. The molecule has 2 aromatic rings. The van der Waals surface area contributed by atoms with Crippen molar-refractivity contribution >= 4 is 23.1 Å². The van der Waals surface area contributed by atoms with E-state index in [2.05, 4.69) is 16.7 Å². The zero-order valence-corrected chi connectivity index (χ0v) is 12.5. The second-order valence-electron chi connectivity index (χ2n) is 5.53. The summed E-state index contributed by atoms with van der Waals surface area (Å²) in [5, 5.41) is 16.2. The summed E-state index contributed by atoms with van der Waals surface area (Å²) in [6.45, 7) is 0. The highest BCUT2D eigenvalue weighted by Gasteiger charge is 2.14. The molecule has 2 aromatic carbocycles. The minimum absolute atomic E-state index is 0.00640. The fourth-order valence-electron chi connectivity index (χ4n) is 2.85. The molecule has 0 heterocycles. The zero-order valence-electron chi connectivity index (χ0n) is 12.5. The number of nitrogens with zero attached hydrogens (tertiary/aromatic N) is 1. The number of carbonyl (C=O) groups excluding carboxylic acids is 1. The van der Waals surface area contributed by atoms with Crippen LogP contribution in [0, 0.1) is 10.1 Å². The van der Waals surface area contributed by atoms with Crippen LogP contribution < -0.4 is 10.6 Å². The molecule has 0 aromatic heterocycles. The number of nitro benzene ring substituents is 1. The van der Waals surface area contributed by atoms with E-state index in [-0.39, 0.29) is 11.7 Å². The largest absolute Gasteiger partial charge is 0.323 e. The molecule has 2 N–H and O–H groups in total. The van der Waals surface area contributed by atoms with Crippen molar-refractivity contribution in [1.29, 1.82) is 0 Å². The first kappa shape index (κ1) is 15.0. The molecular weight excluding hydrogens is 294 g/mol. The molecule has 118 valence electrons. The molecule has 0 fully saturated rings. The van der Waals surface area contributed by atoms with E-state index in [1.165, 1.54) is 41.8 Å². The monoisotopic (exact) mass is 311 g/mol. The number of carbonyl (C=O) groups is 1. The molecule has 0 aliphatic heterocycles. The fourth-order valence-corrected chi connectivity index (χ4v) is 2.85. The Bertz CT molecular complexity index is 741. The van der Waals surface area contributed by atoms with E-state index in [0.29, 0.717) is 5.69 Å². The predicted molar refractivity (Wildman–Crippen MR) is 88.8 cm³/mol. The molecule has 0 atom stereocenters. The van der Waals surface area contributed by atoms with Crippen molar-refractivity contribution in [3.8, 4) is 0 Å². The van der Waals surface area contributed by atoms with Gasteiger partial charge in [0, 0.05) is 23.5 Å². The molecule has 6 heteroatoms. The van der Waals surface area contributed by atoms with Crippen LogP contribution in [0.2, 0.25) is 0 Å². The highest BCUT2D eigenvalue weighted by molar-refractivity contribution is 6.00. The molecule has 6 nitrogen and oxygen atoms in total. The number of rotatable bonds is 3. The van der Waals surface area contributed by atoms with E-state index in [1.807, 2.05) is 12.1 Å². The summed E-state index contributed by atoms with van der Waals surface area (Å²) >= 11 is 0. The molecule has 2 amide bonds. The van der Waals surface area contributed by atoms with Gasteiger partial charge in [0.25, 0.3) is 5.69 Å². The molecule has 0 unspecified atom stereocenters. The Balaban J connectivity index is 1.69. The SMILES string of the molecule is O=C(Nc1ccc([N+](=O)[O-])cc1)Nc1cccc2c1CCCC2. The Morgan fingerprint density at radius 1 is 1.00 bits per heavy atom. The van der Waals surface area contributed by atoms with E-state index in [1.54, 1.807) is 0 Å². The van der Waals surface area contributed by atoms with Crippen molar-refractivity contribution < 1.29 is 9.72 Å². The first-order valence-corrected chi connectivity index (χ1v) is 7.57. The van der Waals surface area contributed by atoms with Crippen LogP contribution >= 0.6 is 0 Å². The molecule has 0 spiro atoms. The van der Waals surface area contributed by atoms with Crippen LogP contribution in [0.1, 0.15) is 24.0 Å². The van der Waals surface area contributed by atoms with E-state index >= 15 is 0 Å². The number of hydrogen-bond acceptors (Lipinski definition) is 3. The van der Waals surface area contributed by atoms with Crippen LogP contribution in [0.3, 0.4) is 0 Å². The van der Waals surface area contributed by atoms with Crippen molar-refractivity contribution in [3.05, 3.63) is 63.7 Å². The number of anilines is 2. The maximum absolute atomic E-state index is 12.1. The molecule has 0 saturated heterocycles. The van der Waals surface area contributed by atoms with Gasteiger partial charge >= 0.3 is 6.03 Å². The number of non-ortho nitro benzene ring substituents is 1. The highest BCUT2D eigenvalue weighted by Crippen LogP contribution is 2.28. The summed E-state index contributed by atoms with van der Waals surface area (Å²) in [6, 6.07) is 11.4. The van der Waals surface area contributed by atoms with Gasteiger partial charge in [-0.3, -0.25) is 10.1 Å². The summed E-state index contributed by atoms with van der Waals surface area (Å²) in [5.74, 6) is 0. The Hall–Kier alpha value is -2.89. The second-order valence-corrected chi connectivity index (χ2v) is 5.53. The van der Waals surface area contributed by atoms with Crippen molar-refractivity contribution in [2.45, 2.75) is 25.7 Å². The highest BCUT2D eigenvalue weighted by atomic mass is 16.6. The van der Waals surface area contributed by atoms with Gasteiger partial charge < -0.3 is 10.6 Å². The Kier molecular flexibility index (Phi) is 4.23. The van der Waals surface area contributed by atoms with Crippen molar-refractivity contribution in [2.24, 2.45) is 0 Å². The maximum atomic E-state index is 12.1.